The predicted molar refractivity (Wildman–Crippen MR) is 274 cm³/mol. The molecule has 3 unspecified atom stereocenters. The van der Waals surface area contributed by atoms with Crippen LogP contribution in [0.3, 0.4) is 0 Å². The van der Waals surface area contributed by atoms with Gasteiger partial charge in [0.15, 0.2) is 11.9 Å². The van der Waals surface area contributed by atoms with E-state index in [2.05, 4.69) is 27.2 Å². The van der Waals surface area contributed by atoms with Gasteiger partial charge in [-0.1, -0.05) is 76.2 Å². The molecule has 8 rings (SSSR count). The van der Waals surface area contributed by atoms with Crippen molar-refractivity contribution in [3.05, 3.63) is 130 Å². The van der Waals surface area contributed by atoms with Gasteiger partial charge in [0.05, 0.1) is 37.0 Å². The zero-order valence-electron chi connectivity index (χ0n) is 42.1. The topological polar surface area (TPSA) is 189 Å². The lowest BCUT2D eigenvalue weighted by atomic mass is 9.80. The number of rotatable bonds is 15. The lowest BCUT2D eigenvalue weighted by Gasteiger charge is -2.45. The molecule has 14 nitrogen and oxygen atoms in total. The number of nitrogens with zero attached hydrogens (tertiary/aromatic N) is 2. The molecule has 4 amide bonds. The van der Waals surface area contributed by atoms with E-state index in [0.29, 0.717) is 73.1 Å². The van der Waals surface area contributed by atoms with Gasteiger partial charge in [-0.15, -0.1) is 12.3 Å². The standard InChI is InChI=1S/C57H68N8O6/c1-9-14-24-44(65-49(67)34-57(12-4,13-5)63-53(65)59)37-20-18-22-40(29-37)50(68)60-43-31-54(6,7)71-45-27-26-38(30-41(43)45)47-32-55(8,42-23-15-16-25-46(42)70-47)61-51(69)39-21-17-19-36(28-39)35-64-48(66)33-56(10-2,11-3)62-52(64)58/h1,15-23,25-30,43-44,47H,10-14,24,31-35H2,2-8H3,(H2,58,62)(H2,59,63)(H,60,68)(H,61,69)/t43?,44-,47?,55?/m0/s1. The summed E-state index contributed by atoms with van der Waals surface area (Å²) < 4.78 is 13.2. The molecule has 71 heavy (non-hydrogen) atoms. The molecule has 0 bridgehead atoms. The van der Waals surface area contributed by atoms with Crippen molar-refractivity contribution >= 4 is 35.5 Å². The summed E-state index contributed by atoms with van der Waals surface area (Å²) in [4.78, 5) is 58.7. The fourth-order valence-corrected chi connectivity index (χ4v) is 10.9. The van der Waals surface area contributed by atoms with Crippen molar-refractivity contribution in [1.29, 1.82) is 10.8 Å². The van der Waals surface area contributed by atoms with Crippen LogP contribution < -0.4 is 30.7 Å². The first-order valence-electron chi connectivity index (χ1n) is 25.1. The number of carbonyl (C=O) groups excluding carboxylic acids is 4. The Hall–Kier alpha value is -7.14. The van der Waals surface area contributed by atoms with Crippen molar-refractivity contribution in [2.75, 3.05) is 0 Å². The molecule has 0 radical (unpaired) electrons. The van der Waals surface area contributed by atoms with E-state index in [4.69, 9.17) is 26.7 Å². The fourth-order valence-electron chi connectivity index (χ4n) is 10.9. The number of hydrogen-bond donors (Lipinski definition) is 6. The van der Waals surface area contributed by atoms with E-state index in [9.17, 15) is 19.2 Å². The van der Waals surface area contributed by atoms with Gasteiger partial charge in [-0.05, 0) is 112 Å². The van der Waals surface area contributed by atoms with Crippen LogP contribution in [0.1, 0.15) is 179 Å². The zero-order valence-corrected chi connectivity index (χ0v) is 42.1. The van der Waals surface area contributed by atoms with Gasteiger partial charge in [0.1, 0.15) is 23.2 Å². The van der Waals surface area contributed by atoms with Crippen LogP contribution in [0, 0.1) is 23.2 Å². The van der Waals surface area contributed by atoms with Gasteiger partial charge in [-0.25, -0.2) is 0 Å². The Morgan fingerprint density at radius 1 is 0.789 bits per heavy atom. The van der Waals surface area contributed by atoms with Crippen LogP contribution in [-0.4, -0.2) is 62.0 Å². The first-order chi connectivity index (χ1) is 33.9. The first kappa shape index (κ1) is 50.3. The molecule has 0 aromatic heterocycles. The molecule has 4 aliphatic rings. The summed E-state index contributed by atoms with van der Waals surface area (Å²) in [5.74, 6) is 3.22. The SMILES string of the molecule is C#CCC[C@@H](c1cccc(C(=O)NC2CC(C)(C)Oc3ccc(C4CC(C)(NC(=O)c5cccc(CN6C(=N)NC(CC)(CC)CC6=O)c5)c5ccccc5O4)cc32)c1)N1C(=N)NC(CC)(CC)CC1=O. The van der Waals surface area contributed by atoms with Gasteiger partial charge in [0.2, 0.25) is 11.8 Å². The molecule has 2 saturated heterocycles. The van der Waals surface area contributed by atoms with Crippen LogP contribution in [0.4, 0.5) is 0 Å². The number of amides is 4. The molecule has 6 N–H and O–H groups in total. The summed E-state index contributed by atoms with van der Waals surface area (Å²) in [7, 11) is 0. The van der Waals surface area contributed by atoms with Gasteiger partial charge in [0.25, 0.3) is 11.8 Å². The van der Waals surface area contributed by atoms with Gasteiger partial charge in [-0.3, -0.25) is 39.8 Å². The second-order valence-electron chi connectivity index (χ2n) is 20.6. The van der Waals surface area contributed by atoms with Gasteiger partial charge < -0.3 is 30.7 Å². The van der Waals surface area contributed by atoms with Crippen molar-refractivity contribution < 1.29 is 28.7 Å². The zero-order chi connectivity index (χ0) is 50.9. The van der Waals surface area contributed by atoms with Crippen LogP contribution in [0.15, 0.2) is 91.0 Å². The van der Waals surface area contributed by atoms with Crippen molar-refractivity contribution in [2.24, 2.45) is 0 Å². The minimum atomic E-state index is -0.876. The van der Waals surface area contributed by atoms with Gasteiger partial charge >= 0.3 is 0 Å². The molecule has 4 aliphatic heterocycles. The molecule has 4 aromatic carbocycles. The van der Waals surface area contributed by atoms with Crippen molar-refractivity contribution in [1.82, 2.24) is 31.1 Å². The molecule has 0 aliphatic carbocycles. The molecule has 0 saturated carbocycles. The minimum Gasteiger partial charge on any atom is -0.487 e. The lowest BCUT2D eigenvalue weighted by Crippen LogP contribution is -2.62. The maximum Gasteiger partial charge on any atom is 0.251 e. The second kappa shape index (κ2) is 19.9. The predicted octanol–water partition coefficient (Wildman–Crippen LogP) is 9.47. The molecular weight excluding hydrogens is 893 g/mol. The smallest absolute Gasteiger partial charge is 0.251 e. The van der Waals surface area contributed by atoms with E-state index in [0.717, 1.165) is 35.1 Å². The average molecular weight is 961 g/mol. The Balaban J connectivity index is 1.02. The first-order valence-corrected chi connectivity index (χ1v) is 25.1. The van der Waals surface area contributed by atoms with E-state index in [1.807, 2.05) is 103 Å². The average Bonchev–Trinajstić information content (AvgIpc) is 3.35. The van der Waals surface area contributed by atoms with Crippen LogP contribution in [-0.2, 0) is 21.7 Å². The fraction of sp³-hybridized carbons (Fsp3) is 0.439. The highest BCUT2D eigenvalue weighted by Gasteiger charge is 2.44. The molecule has 0 spiro atoms. The number of benzene rings is 4. The maximum atomic E-state index is 14.4. The minimum absolute atomic E-state index is 0.0383. The number of para-hydroxylation sites is 1. The Labute approximate surface area is 418 Å². The number of fused-ring (bicyclic) bond motifs is 2. The van der Waals surface area contributed by atoms with Gasteiger partial charge in [0, 0.05) is 52.6 Å². The Kier molecular flexibility index (Phi) is 14.1. The molecule has 4 heterocycles. The van der Waals surface area contributed by atoms with Crippen LogP contribution in [0.25, 0.3) is 0 Å². The van der Waals surface area contributed by atoms with Crippen molar-refractivity contribution in [3.8, 4) is 23.8 Å². The molecule has 4 aromatic rings. The molecule has 4 atom stereocenters. The Bertz CT molecular complexity index is 2750. The number of guanidine groups is 2. The highest BCUT2D eigenvalue weighted by atomic mass is 16.5. The molecular formula is C57H68N8O6. The van der Waals surface area contributed by atoms with E-state index in [1.54, 1.807) is 36.4 Å². The third kappa shape index (κ3) is 10.2. The highest BCUT2D eigenvalue weighted by Crippen LogP contribution is 2.47. The summed E-state index contributed by atoms with van der Waals surface area (Å²) in [5.41, 5.74) is 2.36. The van der Waals surface area contributed by atoms with Gasteiger partial charge in [-0.2, -0.15) is 0 Å². The second-order valence-corrected chi connectivity index (χ2v) is 20.6. The van der Waals surface area contributed by atoms with E-state index >= 15 is 0 Å². The van der Waals surface area contributed by atoms with Crippen LogP contribution in [0.2, 0.25) is 0 Å². The summed E-state index contributed by atoms with van der Waals surface area (Å²) in [6.07, 6.45) is 10.3. The van der Waals surface area contributed by atoms with E-state index in [1.165, 1.54) is 9.80 Å². The number of carbonyl (C=O) groups is 4. The van der Waals surface area contributed by atoms with Crippen LogP contribution >= 0.6 is 0 Å². The highest BCUT2D eigenvalue weighted by molar-refractivity contribution is 6.01. The summed E-state index contributed by atoms with van der Waals surface area (Å²) in [6, 6.07) is 27.0. The van der Waals surface area contributed by atoms with Crippen molar-refractivity contribution in [3.63, 3.8) is 0 Å². The monoisotopic (exact) mass is 961 g/mol. The number of nitrogens with one attached hydrogen (secondary N) is 6. The number of hydrogen-bond acceptors (Lipinski definition) is 8. The largest absolute Gasteiger partial charge is 0.487 e. The van der Waals surface area contributed by atoms with E-state index < -0.39 is 40.4 Å². The Morgan fingerprint density at radius 2 is 1.45 bits per heavy atom. The van der Waals surface area contributed by atoms with E-state index in [-0.39, 0.29) is 48.5 Å². The quantitative estimate of drug-likeness (QED) is 0.0636. The maximum absolute atomic E-state index is 14.4. The lowest BCUT2D eigenvalue weighted by molar-refractivity contribution is -0.133. The summed E-state index contributed by atoms with van der Waals surface area (Å²) in [6.45, 7) is 14.2. The Morgan fingerprint density at radius 3 is 2.13 bits per heavy atom. The van der Waals surface area contributed by atoms with Crippen molar-refractivity contribution in [2.45, 2.75) is 160 Å². The summed E-state index contributed by atoms with van der Waals surface area (Å²) in [5, 5.41) is 30.9. The third-order valence-corrected chi connectivity index (χ3v) is 15.4. The van der Waals surface area contributed by atoms with Crippen LogP contribution in [0.5, 0.6) is 11.5 Å². The molecule has 14 heteroatoms. The molecule has 372 valence electrons. The number of ether oxygens (including phenoxy) is 2. The number of terminal acetylenes is 1. The summed E-state index contributed by atoms with van der Waals surface area (Å²) >= 11 is 0. The normalized spacial score (nSPS) is 22.3. The third-order valence-electron chi connectivity index (χ3n) is 15.4. The molecule has 2 fully saturated rings.